The Bertz CT molecular complexity index is 427. The molecule has 0 bridgehead atoms. The summed E-state index contributed by atoms with van der Waals surface area (Å²) in [4.78, 5) is 4.32. The SMILES string of the molecule is CSCOCCn1cnc2ccccc21. The van der Waals surface area contributed by atoms with Crippen molar-refractivity contribution in [3.05, 3.63) is 30.6 Å². The summed E-state index contributed by atoms with van der Waals surface area (Å²) in [7, 11) is 0. The van der Waals surface area contributed by atoms with Crippen LogP contribution < -0.4 is 0 Å². The molecule has 0 spiro atoms. The Labute approximate surface area is 93.4 Å². The van der Waals surface area contributed by atoms with Crippen LogP contribution >= 0.6 is 11.8 Å². The monoisotopic (exact) mass is 222 g/mol. The molecule has 0 atom stereocenters. The Morgan fingerprint density at radius 1 is 1.40 bits per heavy atom. The highest BCUT2D eigenvalue weighted by Crippen LogP contribution is 2.11. The Balaban J connectivity index is 2.02. The van der Waals surface area contributed by atoms with E-state index in [0.29, 0.717) is 0 Å². The number of para-hydroxylation sites is 2. The van der Waals surface area contributed by atoms with Crippen molar-refractivity contribution < 1.29 is 4.74 Å². The largest absolute Gasteiger partial charge is 0.369 e. The number of aromatic nitrogens is 2. The van der Waals surface area contributed by atoms with Gasteiger partial charge in [0.2, 0.25) is 0 Å². The first-order valence-corrected chi connectivity index (χ1v) is 6.28. The molecule has 0 N–H and O–H groups in total. The first-order valence-electron chi connectivity index (χ1n) is 4.88. The molecule has 2 rings (SSSR count). The molecule has 80 valence electrons. The summed E-state index contributed by atoms with van der Waals surface area (Å²) in [5.41, 5.74) is 2.22. The van der Waals surface area contributed by atoms with E-state index in [-0.39, 0.29) is 0 Å². The lowest BCUT2D eigenvalue weighted by Gasteiger charge is -2.04. The third-order valence-electron chi connectivity index (χ3n) is 2.21. The van der Waals surface area contributed by atoms with Gasteiger partial charge in [-0.2, -0.15) is 0 Å². The van der Waals surface area contributed by atoms with Crippen LogP contribution in [0.4, 0.5) is 0 Å². The topological polar surface area (TPSA) is 27.1 Å². The van der Waals surface area contributed by atoms with Gasteiger partial charge in [-0.25, -0.2) is 4.98 Å². The maximum Gasteiger partial charge on any atom is 0.0959 e. The van der Waals surface area contributed by atoms with Gasteiger partial charge in [-0.3, -0.25) is 0 Å². The molecule has 1 aromatic carbocycles. The Kier molecular flexibility index (Phi) is 3.64. The molecule has 3 nitrogen and oxygen atoms in total. The van der Waals surface area contributed by atoms with Gasteiger partial charge in [0.25, 0.3) is 0 Å². The van der Waals surface area contributed by atoms with E-state index in [1.165, 1.54) is 5.52 Å². The Hall–Kier alpha value is -1.00. The number of fused-ring (bicyclic) bond motifs is 1. The second-order valence-electron chi connectivity index (χ2n) is 3.24. The molecular weight excluding hydrogens is 208 g/mol. The van der Waals surface area contributed by atoms with Gasteiger partial charge in [0.05, 0.1) is 29.9 Å². The van der Waals surface area contributed by atoms with Gasteiger partial charge < -0.3 is 9.30 Å². The van der Waals surface area contributed by atoms with Crippen LogP contribution in [0.5, 0.6) is 0 Å². The molecule has 0 aliphatic carbocycles. The van der Waals surface area contributed by atoms with Crippen molar-refractivity contribution in [1.29, 1.82) is 0 Å². The fraction of sp³-hybridized carbons (Fsp3) is 0.364. The molecule has 0 unspecified atom stereocenters. The summed E-state index contributed by atoms with van der Waals surface area (Å²) in [5, 5.41) is 0. The van der Waals surface area contributed by atoms with Crippen molar-refractivity contribution in [3.63, 3.8) is 0 Å². The zero-order valence-electron chi connectivity index (χ0n) is 8.72. The molecule has 2 aromatic rings. The van der Waals surface area contributed by atoms with E-state index in [1.807, 2.05) is 30.8 Å². The van der Waals surface area contributed by atoms with Crippen LogP contribution in [0, 0.1) is 0 Å². The van der Waals surface area contributed by atoms with Gasteiger partial charge >= 0.3 is 0 Å². The number of thioether (sulfide) groups is 1. The second kappa shape index (κ2) is 5.19. The van der Waals surface area contributed by atoms with Crippen molar-refractivity contribution in [2.75, 3.05) is 18.8 Å². The summed E-state index contributed by atoms with van der Waals surface area (Å²) < 4.78 is 7.54. The van der Waals surface area contributed by atoms with Crippen LogP contribution in [0.2, 0.25) is 0 Å². The first-order chi connectivity index (χ1) is 7.42. The predicted octanol–water partition coefficient (Wildman–Crippen LogP) is 2.37. The lowest BCUT2D eigenvalue weighted by Crippen LogP contribution is -2.04. The highest BCUT2D eigenvalue weighted by Gasteiger charge is 2.00. The molecule has 0 amide bonds. The van der Waals surface area contributed by atoms with Crippen molar-refractivity contribution in [3.8, 4) is 0 Å². The minimum atomic E-state index is 0.737. The van der Waals surface area contributed by atoms with E-state index in [1.54, 1.807) is 11.8 Å². The van der Waals surface area contributed by atoms with Gasteiger partial charge in [0, 0.05) is 6.54 Å². The molecule has 15 heavy (non-hydrogen) atoms. The van der Waals surface area contributed by atoms with E-state index < -0.39 is 0 Å². The lowest BCUT2D eigenvalue weighted by atomic mass is 10.3. The molecule has 0 saturated heterocycles. The van der Waals surface area contributed by atoms with Crippen LogP contribution in [0.15, 0.2) is 30.6 Å². The Morgan fingerprint density at radius 2 is 2.27 bits per heavy atom. The summed E-state index contributed by atoms with van der Waals surface area (Å²) in [6, 6.07) is 8.14. The van der Waals surface area contributed by atoms with Gasteiger partial charge in [-0.15, -0.1) is 11.8 Å². The van der Waals surface area contributed by atoms with Crippen LogP contribution in [0.3, 0.4) is 0 Å². The van der Waals surface area contributed by atoms with E-state index in [9.17, 15) is 0 Å². The molecule has 0 fully saturated rings. The van der Waals surface area contributed by atoms with Crippen LogP contribution in [-0.2, 0) is 11.3 Å². The molecule has 0 radical (unpaired) electrons. The van der Waals surface area contributed by atoms with Crippen molar-refractivity contribution in [2.45, 2.75) is 6.54 Å². The molecule has 0 saturated carbocycles. The maximum atomic E-state index is 5.42. The quantitative estimate of drug-likeness (QED) is 0.574. The fourth-order valence-electron chi connectivity index (χ4n) is 1.49. The van der Waals surface area contributed by atoms with Gasteiger partial charge in [0.15, 0.2) is 0 Å². The lowest BCUT2D eigenvalue weighted by molar-refractivity contribution is 0.173. The summed E-state index contributed by atoms with van der Waals surface area (Å²) in [5.74, 6) is 0.757. The highest BCUT2D eigenvalue weighted by atomic mass is 32.2. The van der Waals surface area contributed by atoms with Crippen molar-refractivity contribution in [2.24, 2.45) is 0 Å². The fourth-order valence-corrected chi connectivity index (χ4v) is 1.78. The minimum Gasteiger partial charge on any atom is -0.369 e. The van der Waals surface area contributed by atoms with Crippen molar-refractivity contribution >= 4 is 22.8 Å². The average molecular weight is 222 g/mol. The number of benzene rings is 1. The van der Waals surface area contributed by atoms with Crippen LogP contribution in [0.25, 0.3) is 11.0 Å². The average Bonchev–Trinajstić information content (AvgIpc) is 2.68. The third-order valence-corrected chi connectivity index (χ3v) is 2.61. The van der Waals surface area contributed by atoms with E-state index >= 15 is 0 Å². The number of rotatable bonds is 5. The first kappa shape index (κ1) is 10.5. The molecule has 1 aromatic heterocycles. The minimum absolute atomic E-state index is 0.737. The molecule has 0 aliphatic rings. The standard InChI is InChI=1S/C11H14N2OS/c1-15-9-14-7-6-13-8-12-10-4-2-3-5-11(10)13/h2-5,8H,6-7,9H2,1H3. The van der Waals surface area contributed by atoms with Gasteiger partial charge in [0.1, 0.15) is 0 Å². The van der Waals surface area contributed by atoms with Gasteiger partial charge in [-0.05, 0) is 18.4 Å². The summed E-state index contributed by atoms with van der Waals surface area (Å²) in [6.45, 7) is 1.60. The number of imidazole rings is 1. The predicted molar refractivity (Wildman–Crippen MR) is 64.1 cm³/mol. The van der Waals surface area contributed by atoms with E-state index in [2.05, 4.69) is 15.6 Å². The van der Waals surface area contributed by atoms with E-state index in [0.717, 1.165) is 24.6 Å². The molecular formula is C11H14N2OS. The van der Waals surface area contributed by atoms with Gasteiger partial charge in [-0.1, -0.05) is 12.1 Å². The zero-order valence-corrected chi connectivity index (χ0v) is 9.54. The molecule has 0 aliphatic heterocycles. The zero-order chi connectivity index (χ0) is 10.5. The molecule has 4 heteroatoms. The number of nitrogens with zero attached hydrogens (tertiary/aromatic N) is 2. The number of hydrogen-bond acceptors (Lipinski definition) is 3. The second-order valence-corrected chi connectivity index (χ2v) is 4.05. The normalized spacial score (nSPS) is 11.0. The van der Waals surface area contributed by atoms with Crippen LogP contribution in [0.1, 0.15) is 0 Å². The maximum absolute atomic E-state index is 5.42. The summed E-state index contributed by atoms with van der Waals surface area (Å²) in [6.07, 6.45) is 3.90. The number of ether oxygens (including phenoxy) is 1. The third kappa shape index (κ3) is 2.52. The molecule has 1 heterocycles. The van der Waals surface area contributed by atoms with Crippen LogP contribution in [-0.4, -0.2) is 28.4 Å². The summed E-state index contributed by atoms with van der Waals surface area (Å²) >= 11 is 1.70. The number of hydrogen-bond donors (Lipinski definition) is 0. The van der Waals surface area contributed by atoms with Crippen molar-refractivity contribution in [1.82, 2.24) is 9.55 Å². The highest BCUT2D eigenvalue weighted by molar-refractivity contribution is 7.98. The van der Waals surface area contributed by atoms with E-state index in [4.69, 9.17) is 4.74 Å². The Morgan fingerprint density at radius 3 is 3.13 bits per heavy atom. The smallest absolute Gasteiger partial charge is 0.0959 e.